The molecule has 1 aliphatic heterocycles. The van der Waals surface area contributed by atoms with Crippen LogP contribution in [0.4, 0.5) is 0 Å². The van der Waals surface area contributed by atoms with Crippen molar-refractivity contribution in [2.45, 2.75) is 33.6 Å². The highest BCUT2D eigenvalue weighted by molar-refractivity contribution is 4.86. The van der Waals surface area contributed by atoms with E-state index in [4.69, 9.17) is 4.52 Å². The summed E-state index contributed by atoms with van der Waals surface area (Å²) in [4.78, 5) is 6.75. The van der Waals surface area contributed by atoms with Crippen LogP contribution >= 0.6 is 0 Å². The largest absolute Gasteiger partial charge is 0.340 e. The van der Waals surface area contributed by atoms with Gasteiger partial charge in [0.2, 0.25) is 5.89 Å². The molecule has 19 heavy (non-hydrogen) atoms. The first-order valence-corrected chi connectivity index (χ1v) is 7.35. The molecular weight excluding hydrogens is 240 g/mol. The first-order valence-electron chi connectivity index (χ1n) is 7.35. The van der Waals surface area contributed by atoms with Gasteiger partial charge in [0, 0.05) is 26.4 Å². The Kier molecular flexibility index (Phi) is 5.34. The van der Waals surface area contributed by atoms with E-state index < -0.39 is 0 Å². The molecule has 2 heterocycles. The van der Waals surface area contributed by atoms with Gasteiger partial charge in [-0.3, -0.25) is 0 Å². The van der Waals surface area contributed by atoms with Crippen LogP contribution in [-0.4, -0.2) is 47.8 Å². The molecule has 5 heteroatoms. The molecule has 0 aliphatic carbocycles. The van der Waals surface area contributed by atoms with Crippen molar-refractivity contribution in [3.05, 3.63) is 11.7 Å². The second kappa shape index (κ2) is 7.01. The van der Waals surface area contributed by atoms with Gasteiger partial charge in [0.05, 0.1) is 0 Å². The predicted octanol–water partition coefficient (Wildman–Crippen LogP) is 1.49. The van der Waals surface area contributed by atoms with Gasteiger partial charge in [0.1, 0.15) is 0 Å². The van der Waals surface area contributed by atoms with Crippen molar-refractivity contribution >= 4 is 0 Å². The maximum Gasteiger partial charge on any atom is 0.223 e. The molecule has 0 radical (unpaired) electrons. The lowest BCUT2D eigenvalue weighted by Crippen LogP contribution is -2.29. The standard InChI is InChI=1S/C14H26N4O/c1-11(2)8-15-9-13-4-6-18(10-13)7-5-14-16-12(3)19-17-14/h11,13,15H,4-10H2,1-3H3. The van der Waals surface area contributed by atoms with E-state index in [1.165, 1.54) is 19.5 Å². The smallest absolute Gasteiger partial charge is 0.223 e. The molecule has 0 spiro atoms. The number of aryl methyl sites for hydroxylation is 1. The highest BCUT2D eigenvalue weighted by atomic mass is 16.5. The third-order valence-electron chi connectivity index (χ3n) is 3.58. The van der Waals surface area contributed by atoms with Gasteiger partial charge < -0.3 is 14.7 Å². The van der Waals surface area contributed by atoms with E-state index in [2.05, 4.69) is 34.2 Å². The highest BCUT2D eigenvalue weighted by Crippen LogP contribution is 2.15. The summed E-state index contributed by atoms with van der Waals surface area (Å²) in [6, 6.07) is 0. The third-order valence-corrected chi connectivity index (χ3v) is 3.58. The first kappa shape index (κ1) is 14.5. The lowest BCUT2D eigenvalue weighted by atomic mass is 10.1. The van der Waals surface area contributed by atoms with Crippen LogP contribution in [0.3, 0.4) is 0 Å². The van der Waals surface area contributed by atoms with Crippen LogP contribution in [0.2, 0.25) is 0 Å². The van der Waals surface area contributed by atoms with Crippen molar-refractivity contribution in [3.63, 3.8) is 0 Å². The van der Waals surface area contributed by atoms with Crippen LogP contribution in [-0.2, 0) is 6.42 Å². The Bertz CT molecular complexity index is 377. The Morgan fingerprint density at radius 2 is 2.32 bits per heavy atom. The average molecular weight is 266 g/mol. The van der Waals surface area contributed by atoms with E-state index in [-0.39, 0.29) is 0 Å². The van der Waals surface area contributed by atoms with Crippen molar-refractivity contribution in [2.24, 2.45) is 11.8 Å². The molecule has 0 aromatic carbocycles. The molecule has 2 rings (SSSR count). The first-order chi connectivity index (χ1) is 9.13. The SMILES string of the molecule is Cc1nc(CCN2CCC(CNCC(C)C)C2)no1. The van der Waals surface area contributed by atoms with Crippen LogP contribution in [0.25, 0.3) is 0 Å². The van der Waals surface area contributed by atoms with Crippen molar-refractivity contribution in [1.82, 2.24) is 20.4 Å². The maximum absolute atomic E-state index is 4.99. The Morgan fingerprint density at radius 1 is 1.47 bits per heavy atom. The van der Waals surface area contributed by atoms with Crippen LogP contribution in [0.5, 0.6) is 0 Å². The van der Waals surface area contributed by atoms with E-state index >= 15 is 0 Å². The molecule has 0 bridgehead atoms. The molecule has 1 aliphatic rings. The molecule has 1 aromatic heterocycles. The van der Waals surface area contributed by atoms with E-state index in [9.17, 15) is 0 Å². The molecule has 1 fully saturated rings. The minimum atomic E-state index is 0.659. The van der Waals surface area contributed by atoms with E-state index in [0.29, 0.717) is 5.89 Å². The fourth-order valence-electron chi connectivity index (χ4n) is 2.56. The zero-order chi connectivity index (χ0) is 13.7. The van der Waals surface area contributed by atoms with Crippen molar-refractivity contribution in [1.29, 1.82) is 0 Å². The minimum Gasteiger partial charge on any atom is -0.340 e. The van der Waals surface area contributed by atoms with Gasteiger partial charge in [0.25, 0.3) is 0 Å². The van der Waals surface area contributed by atoms with Gasteiger partial charge in [-0.25, -0.2) is 0 Å². The summed E-state index contributed by atoms with van der Waals surface area (Å²) in [5, 5.41) is 7.50. The zero-order valence-electron chi connectivity index (χ0n) is 12.4. The summed E-state index contributed by atoms with van der Waals surface area (Å²) in [6.45, 7) is 12.0. The molecule has 1 saturated heterocycles. The summed E-state index contributed by atoms with van der Waals surface area (Å²) < 4.78 is 4.99. The second-order valence-corrected chi connectivity index (χ2v) is 5.99. The van der Waals surface area contributed by atoms with Gasteiger partial charge in [-0.05, 0) is 37.9 Å². The quantitative estimate of drug-likeness (QED) is 0.810. The van der Waals surface area contributed by atoms with Crippen molar-refractivity contribution < 1.29 is 4.52 Å². The average Bonchev–Trinajstić information content (AvgIpc) is 2.95. The molecule has 1 unspecified atom stereocenters. The summed E-state index contributed by atoms with van der Waals surface area (Å²) in [5.41, 5.74) is 0. The summed E-state index contributed by atoms with van der Waals surface area (Å²) in [6.07, 6.45) is 2.19. The molecule has 5 nitrogen and oxygen atoms in total. The summed E-state index contributed by atoms with van der Waals surface area (Å²) >= 11 is 0. The number of nitrogens with one attached hydrogen (secondary N) is 1. The van der Waals surface area contributed by atoms with Crippen LogP contribution in [0, 0.1) is 18.8 Å². The van der Waals surface area contributed by atoms with Gasteiger partial charge >= 0.3 is 0 Å². The van der Waals surface area contributed by atoms with Crippen molar-refractivity contribution in [3.8, 4) is 0 Å². The van der Waals surface area contributed by atoms with Gasteiger partial charge in [-0.2, -0.15) is 4.98 Å². The Hall–Kier alpha value is -0.940. The van der Waals surface area contributed by atoms with Gasteiger partial charge in [-0.1, -0.05) is 19.0 Å². The van der Waals surface area contributed by atoms with Gasteiger partial charge in [-0.15, -0.1) is 0 Å². The third kappa shape index (κ3) is 4.91. The monoisotopic (exact) mass is 266 g/mol. The molecule has 0 amide bonds. The van der Waals surface area contributed by atoms with E-state index in [1.807, 2.05) is 6.92 Å². The number of aromatic nitrogens is 2. The number of hydrogen-bond acceptors (Lipinski definition) is 5. The maximum atomic E-state index is 4.99. The number of hydrogen-bond donors (Lipinski definition) is 1. The Morgan fingerprint density at radius 3 is 3.00 bits per heavy atom. The topological polar surface area (TPSA) is 54.2 Å². The number of nitrogens with zero attached hydrogens (tertiary/aromatic N) is 3. The number of likely N-dealkylation sites (tertiary alicyclic amines) is 1. The van der Waals surface area contributed by atoms with Crippen LogP contribution in [0.1, 0.15) is 32.0 Å². The van der Waals surface area contributed by atoms with Gasteiger partial charge in [0.15, 0.2) is 5.82 Å². The molecule has 1 atom stereocenters. The fraction of sp³-hybridized carbons (Fsp3) is 0.857. The highest BCUT2D eigenvalue weighted by Gasteiger charge is 2.22. The lowest BCUT2D eigenvalue weighted by molar-refractivity contribution is 0.318. The second-order valence-electron chi connectivity index (χ2n) is 5.99. The molecule has 1 aromatic rings. The van der Waals surface area contributed by atoms with Crippen LogP contribution < -0.4 is 5.32 Å². The summed E-state index contributed by atoms with van der Waals surface area (Å²) in [7, 11) is 0. The Labute approximate surface area is 115 Å². The Balaban J connectivity index is 1.62. The summed E-state index contributed by atoms with van der Waals surface area (Å²) in [5.74, 6) is 3.02. The predicted molar refractivity (Wildman–Crippen MR) is 75.0 cm³/mol. The normalized spacial score (nSPS) is 20.5. The molecular formula is C14H26N4O. The molecule has 108 valence electrons. The van der Waals surface area contributed by atoms with Crippen LogP contribution in [0.15, 0.2) is 4.52 Å². The van der Waals surface area contributed by atoms with Crippen molar-refractivity contribution in [2.75, 3.05) is 32.7 Å². The lowest BCUT2D eigenvalue weighted by Gasteiger charge is -2.15. The fourth-order valence-corrected chi connectivity index (χ4v) is 2.56. The minimum absolute atomic E-state index is 0.659. The van der Waals surface area contributed by atoms with E-state index in [0.717, 1.165) is 43.7 Å². The number of rotatable bonds is 7. The molecule has 1 N–H and O–H groups in total. The molecule has 0 saturated carbocycles. The van der Waals surface area contributed by atoms with E-state index in [1.54, 1.807) is 0 Å². The zero-order valence-corrected chi connectivity index (χ0v) is 12.4.